The molecule has 0 spiro atoms. The lowest BCUT2D eigenvalue weighted by Crippen LogP contribution is -2.42. The summed E-state index contributed by atoms with van der Waals surface area (Å²) in [6.07, 6.45) is 6.83. The van der Waals surface area contributed by atoms with Crippen molar-refractivity contribution in [2.45, 2.75) is 58.3 Å². The number of nitrogens with zero attached hydrogens (tertiary/aromatic N) is 1. The molecular formula is C21H27NO3. The number of hydrogen-bond donors (Lipinski definition) is 0. The van der Waals surface area contributed by atoms with E-state index < -0.39 is 0 Å². The fourth-order valence-electron chi connectivity index (χ4n) is 5.74. The molecule has 0 amide bonds. The minimum atomic E-state index is -0.325. The first kappa shape index (κ1) is 16.6. The van der Waals surface area contributed by atoms with Gasteiger partial charge in [-0.05, 0) is 79.5 Å². The van der Waals surface area contributed by atoms with Crippen LogP contribution in [0.2, 0.25) is 0 Å². The first-order chi connectivity index (χ1) is 12.0. The molecule has 2 fully saturated rings. The maximum Gasteiger partial charge on any atom is 0.331 e. The Hall–Kier alpha value is -1.84. The maximum atomic E-state index is 11.1. The molecule has 3 aliphatic carbocycles. The summed E-state index contributed by atoms with van der Waals surface area (Å²) in [6.45, 7) is 3.76. The molecule has 0 saturated heterocycles. The van der Waals surface area contributed by atoms with E-state index in [9.17, 15) is 4.79 Å². The first-order valence-electron chi connectivity index (χ1n) is 9.44. The summed E-state index contributed by atoms with van der Waals surface area (Å²) in [7, 11) is 1.74. The fraction of sp³-hybridized carbons (Fsp3) is 0.619. The number of ether oxygens (including phenoxy) is 1. The van der Waals surface area contributed by atoms with Crippen molar-refractivity contribution in [2.24, 2.45) is 22.4 Å². The third kappa shape index (κ3) is 2.66. The van der Waals surface area contributed by atoms with Crippen LogP contribution in [0.5, 0.6) is 5.75 Å². The molecule has 0 bridgehead atoms. The van der Waals surface area contributed by atoms with Crippen LogP contribution in [0.4, 0.5) is 0 Å². The Kier molecular flexibility index (Phi) is 4.09. The summed E-state index contributed by atoms with van der Waals surface area (Å²) in [5, 5.41) is 4.23. The van der Waals surface area contributed by atoms with Gasteiger partial charge in [-0.3, -0.25) is 0 Å². The van der Waals surface area contributed by atoms with E-state index in [0.29, 0.717) is 17.8 Å². The smallest absolute Gasteiger partial charge is 0.331 e. The van der Waals surface area contributed by atoms with Gasteiger partial charge in [-0.15, -0.1) is 0 Å². The number of benzene rings is 1. The molecule has 0 unspecified atom stereocenters. The zero-order valence-electron chi connectivity index (χ0n) is 15.4. The molecule has 4 heteroatoms. The minimum Gasteiger partial charge on any atom is -0.497 e. The molecule has 0 aliphatic heterocycles. The summed E-state index contributed by atoms with van der Waals surface area (Å²) < 4.78 is 5.40. The van der Waals surface area contributed by atoms with Gasteiger partial charge in [-0.1, -0.05) is 18.1 Å². The number of fused-ring (bicyclic) bond motifs is 5. The summed E-state index contributed by atoms with van der Waals surface area (Å²) in [5.41, 5.74) is 4.20. The molecule has 4 rings (SSSR count). The van der Waals surface area contributed by atoms with Crippen LogP contribution < -0.4 is 4.74 Å². The van der Waals surface area contributed by atoms with Gasteiger partial charge in [0.25, 0.3) is 0 Å². The van der Waals surface area contributed by atoms with Gasteiger partial charge in [0.15, 0.2) is 0 Å². The summed E-state index contributed by atoms with van der Waals surface area (Å²) >= 11 is 0. The van der Waals surface area contributed by atoms with E-state index >= 15 is 0 Å². The number of hydrogen-bond acceptors (Lipinski definition) is 4. The van der Waals surface area contributed by atoms with Crippen molar-refractivity contribution in [2.75, 3.05) is 7.11 Å². The topological polar surface area (TPSA) is 47.9 Å². The second-order valence-electron chi connectivity index (χ2n) is 8.10. The lowest BCUT2D eigenvalue weighted by atomic mass is 9.55. The van der Waals surface area contributed by atoms with Crippen LogP contribution in [0.1, 0.15) is 63.0 Å². The SMILES string of the molecule is COc1ccc2c(c1)CC[C@@H]1[C@@H]2CC[C@]2(C)/C(=N/OC(C)=O)CC[C@@H]12. The molecule has 0 N–H and O–H groups in total. The molecule has 1 aromatic rings. The predicted octanol–water partition coefficient (Wildman–Crippen LogP) is 4.47. The van der Waals surface area contributed by atoms with Crippen LogP contribution in [-0.4, -0.2) is 18.8 Å². The van der Waals surface area contributed by atoms with Gasteiger partial charge >= 0.3 is 5.97 Å². The average Bonchev–Trinajstić information content (AvgIpc) is 2.95. The highest BCUT2D eigenvalue weighted by Crippen LogP contribution is 2.60. The molecule has 0 heterocycles. The van der Waals surface area contributed by atoms with Crippen molar-refractivity contribution < 1.29 is 14.4 Å². The molecule has 3 aliphatic rings. The largest absolute Gasteiger partial charge is 0.497 e. The second kappa shape index (κ2) is 6.15. The highest BCUT2D eigenvalue weighted by Gasteiger charge is 2.53. The van der Waals surface area contributed by atoms with Crippen molar-refractivity contribution in [3.63, 3.8) is 0 Å². The van der Waals surface area contributed by atoms with Crippen LogP contribution in [-0.2, 0) is 16.1 Å². The fourth-order valence-corrected chi connectivity index (χ4v) is 5.74. The zero-order chi connectivity index (χ0) is 17.6. The molecule has 0 aromatic heterocycles. The normalized spacial score (nSPS) is 34.8. The van der Waals surface area contributed by atoms with E-state index in [2.05, 4.69) is 30.3 Å². The standard InChI is InChI=1S/C21H27NO3/c1-13(23)25-22-20-9-8-19-18-6-4-14-12-15(24-3)5-7-16(14)17(18)10-11-21(19,20)2/h5,7,12,17-19H,4,6,8-11H2,1-3H3/b22-20+/t17-,18-,19+,21+/m1/s1. The Morgan fingerprint density at radius 1 is 1.24 bits per heavy atom. The average molecular weight is 341 g/mol. The van der Waals surface area contributed by atoms with Gasteiger partial charge in [-0.2, -0.15) is 0 Å². The van der Waals surface area contributed by atoms with Crippen LogP contribution in [0.3, 0.4) is 0 Å². The van der Waals surface area contributed by atoms with Gasteiger partial charge in [-0.25, -0.2) is 4.79 Å². The quantitative estimate of drug-likeness (QED) is 0.589. The van der Waals surface area contributed by atoms with E-state index in [1.807, 2.05) is 0 Å². The van der Waals surface area contributed by atoms with E-state index in [-0.39, 0.29) is 11.4 Å². The number of rotatable bonds is 2. The minimum absolute atomic E-state index is 0.0978. The highest BCUT2D eigenvalue weighted by molar-refractivity contribution is 5.92. The van der Waals surface area contributed by atoms with Crippen molar-refractivity contribution in [1.29, 1.82) is 0 Å². The zero-order valence-corrected chi connectivity index (χ0v) is 15.4. The molecular weight excluding hydrogens is 314 g/mol. The Bertz CT molecular complexity index is 726. The lowest BCUT2D eigenvalue weighted by molar-refractivity contribution is -0.141. The number of carbonyl (C=O) groups excluding carboxylic acids is 1. The third-order valence-electron chi connectivity index (χ3n) is 6.96. The Morgan fingerprint density at radius 3 is 2.84 bits per heavy atom. The molecule has 4 nitrogen and oxygen atoms in total. The molecule has 4 atom stereocenters. The van der Waals surface area contributed by atoms with E-state index in [1.165, 1.54) is 37.3 Å². The summed E-state index contributed by atoms with van der Waals surface area (Å²) in [4.78, 5) is 16.1. The third-order valence-corrected chi connectivity index (χ3v) is 6.96. The Balaban J connectivity index is 1.62. The van der Waals surface area contributed by atoms with Crippen LogP contribution >= 0.6 is 0 Å². The van der Waals surface area contributed by atoms with E-state index in [1.54, 1.807) is 7.11 Å². The van der Waals surface area contributed by atoms with Gasteiger partial charge < -0.3 is 9.57 Å². The molecule has 25 heavy (non-hydrogen) atoms. The second-order valence-corrected chi connectivity index (χ2v) is 8.10. The monoisotopic (exact) mass is 341 g/mol. The Labute approximate surface area is 149 Å². The van der Waals surface area contributed by atoms with Crippen LogP contribution in [0, 0.1) is 17.3 Å². The molecule has 1 aromatic carbocycles. The van der Waals surface area contributed by atoms with Gasteiger partial charge in [0, 0.05) is 12.3 Å². The van der Waals surface area contributed by atoms with Gasteiger partial charge in [0.05, 0.1) is 12.8 Å². The van der Waals surface area contributed by atoms with Crippen molar-refractivity contribution in [1.82, 2.24) is 0 Å². The number of oxime groups is 1. The van der Waals surface area contributed by atoms with E-state index in [4.69, 9.17) is 9.57 Å². The molecule has 0 radical (unpaired) electrons. The maximum absolute atomic E-state index is 11.1. The number of methoxy groups -OCH3 is 1. The highest BCUT2D eigenvalue weighted by atomic mass is 16.7. The number of carbonyl (C=O) groups is 1. The number of aryl methyl sites for hydroxylation is 1. The van der Waals surface area contributed by atoms with Crippen molar-refractivity contribution in [3.8, 4) is 5.75 Å². The van der Waals surface area contributed by atoms with E-state index in [0.717, 1.165) is 30.7 Å². The van der Waals surface area contributed by atoms with Gasteiger partial charge in [0.2, 0.25) is 0 Å². The first-order valence-corrected chi connectivity index (χ1v) is 9.44. The molecule has 2 saturated carbocycles. The predicted molar refractivity (Wildman–Crippen MR) is 96.8 cm³/mol. The van der Waals surface area contributed by atoms with Crippen molar-refractivity contribution >= 4 is 11.7 Å². The van der Waals surface area contributed by atoms with Crippen LogP contribution in [0.15, 0.2) is 23.4 Å². The summed E-state index contributed by atoms with van der Waals surface area (Å²) in [5.74, 6) is 2.66. The Morgan fingerprint density at radius 2 is 2.08 bits per heavy atom. The lowest BCUT2D eigenvalue weighted by Gasteiger charge is -2.49. The van der Waals surface area contributed by atoms with Crippen LogP contribution in [0.25, 0.3) is 0 Å². The van der Waals surface area contributed by atoms with Crippen molar-refractivity contribution in [3.05, 3.63) is 29.3 Å². The molecule has 134 valence electrons. The summed E-state index contributed by atoms with van der Waals surface area (Å²) in [6, 6.07) is 6.62. The van der Waals surface area contributed by atoms with Gasteiger partial charge in [0.1, 0.15) is 5.75 Å².